The molecule has 0 aliphatic carbocycles. The standard InChI is InChI=1S/C13H11ClN2O6/c1-7-9(12(15-22-7)13(17)20-2)6-21-11-4-3-8(16(18)19)5-10(11)14/h3-5H,6H2,1-2H3. The van der Waals surface area contributed by atoms with E-state index in [0.29, 0.717) is 11.3 Å². The van der Waals surface area contributed by atoms with E-state index in [2.05, 4.69) is 9.89 Å². The second kappa shape index (κ2) is 6.44. The van der Waals surface area contributed by atoms with Crippen LogP contribution in [0.25, 0.3) is 0 Å². The summed E-state index contributed by atoms with van der Waals surface area (Å²) in [5.74, 6) is -0.00707. The summed E-state index contributed by atoms with van der Waals surface area (Å²) >= 11 is 5.92. The first-order valence-corrected chi connectivity index (χ1v) is 6.42. The molecule has 1 heterocycles. The third-order valence-corrected chi connectivity index (χ3v) is 3.16. The van der Waals surface area contributed by atoms with Crippen molar-refractivity contribution in [1.29, 1.82) is 0 Å². The first-order valence-electron chi connectivity index (χ1n) is 6.04. The number of hydrogen-bond acceptors (Lipinski definition) is 7. The Morgan fingerprint density at radius 3 is 2.82 bits per heavy atom. The smallest absolute Gasteiger partial charge is 0.360 e. The normalized spacial score (nSPS) is 10.3. The lowest BCUT2D eigenvalue weighted by Gasteiger charge is -2.07. The molecule has 0 fully saturated rings. The molecule has 22 heavy (non-hydrogen) atoms. The quantitative estimate of drug-likeness (QED) is 0.472. The highest BCUT2D eigenvalue weighted by molar-refractivity contribution is 6.32. The number of non-ortho nitro benzene ring substituents is 1. The van der Waals surface area contributed by atoms with Gasteiger partial charge in [0.1, 0.15) is 18.1 Å². The summed E-state index contributed by atoms with van der Waals surface area (Å²) < 4.78 is 15.0. The summed E-state index contributed by atoms with van der Waals surface area (Å²) in [7, 11) is 1.23. The maximum Gasteiger partial charge on any atom is 0.360 e. The number of aryl methyl sites for hydroxylation is 1. The van der Waals surface area contributed by atoms with Crippen LogP contribution in [0.15, 0.2) is 22.7 Å². The second-order valence-corrected chi connectivity index (χ2v) is 4.63. The third-order valence-electron chi connectivity index (χ3n) is 2.86. The number of carbonyl (C=O) groups excluding carboxylic acids is 1. The number of nitro groups is 1. The van der Waals surface area contributed by atoms with Crippen molar-refractivity contribution < 1.29 is 23.7 Å². The fourth-order valence-corrected chi connectivity index (χ4v) is 1.92. The average Bonchev–Trinajstić information content (AvgIpc) is 2.86. The van der Waals surface area contributed by atoms with E-state index in [1.54, 1.807) is 6.92 Å². The van der Waals surface area contributed by atoms with E-state index in [1.165, 1.54) is 25.3 Å². The monoisotopic (exact) mass is 326 g/mol. The van der Waals surface area contributed by atoms with Crippen LogP contribution in [0.1, 0.15) is 21.8 Å². The van der Waals surface area contributed by atoms with Crippen LogP contribution in [0.5, 0.6) is 5.75 Å². The van der Waals surface area contributed by atoms with Crippen LogP contribution in [-0.2, 0) is 11.3 Å². The minimum atomic E-state index is -0.648. The van der Waals surface area contributed by atoms with Gasteiger partial charge in [0, 0.05) is 12.1 Å². The molecule has 116 valence electrons. The molecule has 0 aliphatic heterocycles. The summed E-state index contributed by atoms with van der Waals surface area (Å²) in [4.78, 5) is 21.6. The van der Waals surface area contributed by atoms with E-state index >= 15 is 0 Å². The molecular formula is C13H11ClN2O6. The Kier molecular flexibility index (Phi) is 4.62. The van der Waals surface area contributed by atoms with Crippen molar-refractivity contribution in [3.63, 3.8) is 0 Å². The molecule has 1 aromatic carbocycles. The van der Waals surface area contributed by atoms with Crippen molar-refractivity contribution in [2.24, 2.45) is 0 Å². The van der Waals surface area contributed by atoms with Crippen LogP contribution >= 0.6 is 11.6 Å². The van der Waals surface area contributed by atoms with Crippen LogP contribution in [0.4, 0.5) is 5.69 Å². The first-order chi connectivity index (χ1) is 10.4. The van der Waals surface area contributed by atoms with Gasteiger partial charge in [-0.15, -0.1) is 0 Å². The van der Waals surface area contributed by atoms with E-state index < -0.39 is 10.9 Å². The lowest BCUT2D eigenvalue weighted by Crippen LogP contribution is -2.08. The van der Waals surface area contributed by atoms with Gasteiger partial charge in [-0.2, -0.15) is 0 Å². The molecule has 9 heteroatoms. The van der Waals surface area contributed by atoms with Gasteiger partial charge in [0.2, 0.25) is 0 Å². The number of rotatable bonds is 5. The Balaban J connectivity index is 2.19. The fourth-order valence-electron chi connectivity index (χ4n) is 1.69. The zero-order chi connectivity index (χ0) is 16.3. The van der Waals surface area contributed by atoms with E-state index in [4.69, 9.17) is 20.9 Å². The van der Waals surface area contributed by atoms with Gasteiger partial charge in [-0.25, -0.2) is 4.79 Å². The number of carbonyl (C=O) groups is 1. The third kappa shape index (κ3) is 3.17. The Morgan fingerprint density at radius 2 is 2.23 bits per heavy atom. The number of nitrogens with zero attached hydrogens (tertiary/aromatic N) is 2. The molecule has 0 amide bonds. The Morgan fingerprint density at radius 1 is 1.50 bits per heavy atom. The molecule has 2 rings (SSSR count). The van der Waals surface area contributed by atoms with Gasteiger partial charge in [-0.05, 0) is 13.0 Å². The molecule has 0 N–H and O–H groups in total. The molecule has 0 atom stereocenters. The summed E-state index contributed by atoms with van der Waals surface area (Å²) in [5, 5.41) is 14.3. The van der Waals surface area contributed by atoms with Gasteiger partial charge >= 0.3 is 5.97 Å². The van der Waals surface area contributed by atoms with Crippen molar-refractivity contribution >= 4 is 23.3 Å². The van der Waals surface area contributed by atoms with Crippen LogP contribution in [0.2, 0.25) is 5.02 Å². The maximum absolute atomic E-state index is 11.5. The molecule has 8 nitrogen and oxygen atoms in total. The zero-order valence-corrected chi connectivity index (χ0v) is 12.4. The molecule has 1 aromatic heterocycles. The zero-order valence-electron chi connectivity index (χ0n) is 11.7. The first kappa shape index (κ1) is 15.8. The lowest BCUT2D eigenvalue weighted by molar-refractivity contribution is -0.384. The Labute approximate surface area is 129 Å². The van der Waals surface area contributed by atoms with Gasteiger partial charge in [-0.1, -0.05) is 16.8 Å². The number of benzene rings is 1. The van der Waals surface area contributed by atoms with Crippen LogP contribution in [0, 0.1) is 17.0 Å². The number of methoxy groups -OCH3 is 1. The van der Waals surface area contributed by atoms with E-state index in [9.17, 15) is 14.9 Å². The fraction of sp³-hybridized carbons (Fsp3) is 0.231. The van der Waals surface area contributed by atoms with Crippen LogP contribution < -0.4 is 4.74 Å². The van der Waals surface area contributed by atoms with Crippen molar-refractivity contribution in [2.45, 2.75) is 13.5 Å². The van der Waals surface area contributed by atoms with Crippen molar-refractivity contribution in [3.05, 3.63) is 50.4 Å². The van der Waals surface area contributed by atoms with E-state index in [1.807, 2.05) is 0 Å². The number of nitro benzene ring substituents is 1. The topological polar surface area (TPSA) is 105 Å². The summed E-state index contributed by atoms with van der Waals surface area (Å²) in [6.07, 6.45) is 0. The lowest BCUT2D eigenvalue weighted by atomic mass is 10.2. The highest BCUT2D eigenvalue weighted by Gasteiger charge is 2.21. The summed E-state index contributed by atoms with van der Waals surface area (Å²) in [6, 6.07) is 3.82. The molecule has 0 unspecified atom stereocenters. The maximum atomic E-state index is 11.5. The van der Waals surface area contributed by atoms with Crippen molar-refractivity contribution in [1.82, 2.24) is 5.16 Å². The average molecular weight is 327 g/mol. The minimum absolute atomic E-state index is 0.0121. The molecule has 0 bridgehead atoms. The summed E-state index contributed by atoms with van der Waals surface area (Å²) in [6.45, 7) is 1.58. The summed E-state index contributed by atoms with van der Waals surface area (Å²) in [5.41, 5.74) is 0.285. The number of ether oxygens (including phenoxy) is 2. The molecule has 0 spiro atoms. The number of hydrogen-bond donors (Lipinski definition) is 0. The van der Waals surface area contributed by atoms with Gasteiger partial charge in [0.25, 0.3) is 5.69 Å². The number of halogens is 1. The predicted octanol–water partition coefficient (Wildman–Crippen LogP) is 2.91. The molecule has 0 radical (unpaired) electrons. The largest absolute Gasteiger partial charge is 0.487 e. The number of esters is 1. The van der Waals surface area contributed by atoms with Gasteiger partial charge in [0.05, 0.1) is 22.6 Å². The minimum Gasteiger partial charge on any atom is -0.487 e. The SMILES string of the molecule is COC(=O)c1noc(C)c1COc1ccc([N+](=O)[O-])cc1Cl. The van der Waals surface area contributed by atoms with E-state index in [0.717, 1.165) is 0 Å². The Hall–Kier alpha value is -2.61. The van der Waals surface area contributed by atoms with Crippen LogP contribution in [0.3, 0.4) is 0 Å². The van der Waals surface area contributed by atoms with Gasteiger partial charge in [-0.3, -0.25) is 10.1 Å². The van der Waals surface area contributed by atoms with Crippen LogP contribution in [-0.4, -0.2) is 23.2 Å². The van der Waals surface area contributed by atoms with E-state index in [-0.39, 0.29) is 28.8 Å². The second-order valence-electron chi connectivity index (χ2n) is 4.22. The Bertz CT molecular complexity index is 727. The van der Waals surface area contributed by atoms with Gasteiger partial charge in [0.15, 0.2) is 5.69 Å². The predicted molar refractivity (Wildman–Crippen MR) is 75.0 cm³/mol. The number of aromatic nitrogens is 1. The molecule has 2 aromatic rings. The van der Waals surface area contributed by atoms with Crippen molar-refractivity contribution in [3.8, 4) is 5.75 Å². The molecule has 0 aliphatic rings. The molecular weight excluding hydrogens is 316 g/mol. The van der Waals surface area contributed by atoms with Crippen molar-refractivity contribution in [2.75, 3.05) is 7.11 Å². The molecule has 0 saturated carbocycles. The highest BCUT2D eigenvalue weighted by atomic mass is 35.5. The highest BCUT2D eigenvalue weighted by Crippen LogP contribution is 2.29. The van der Waals surface area contributed by atoms with Gasteiger partial charge < -0.3 is 14.0 Å². The molecule has 0 saturated heterocycles.